The molecule has 0 aliphatic rings. The molecule has 0 aliphatic heterocycles. The molecule has 0 fully saturated rings. The van der Waals surface area contributed by atoms with Gasteiger partial charge in [0.05, 0.1) is 17.1 Å². The summed E-state index contributed by atoms with van der Waals surface area (Å²) >= 11 is 1.62. The van der Waals surface area contributed by atoms with E-state index < -0.39 is 0 Å². The van der Waals surface area contributed by atoms with Crippen LogP contribution in [0.4, 0.5) is 11.4 Å². The number of hydrogen-bond donors (Lipinski definition) is 2. The zero-order valence-corrected chi connectivity index (χ0v) is 12.0. The minimum Gasteiger partial charge on any atom is -0.397 e. The molecule has 0 spiro atoms. The van der Waals surface area contributed by atoms with Crippen molar-refractivity contribution < 1.29 is 4.79 Å². The first-order valence-corrected chi connectivity index (χ1v) is 7.03. The molecule has 0 bridgehead atoms. The Kier molecular flexibility index (Phi) is 6.01. The van der Waals surface area contributed by atoms with Crippen LogP contribution in [0.3, 0.4) is 0 Å². The van der Waals surface area contributed by atoms with Crippen molar-refractivity contribution in [2.45, 2.75) is 6.92 Å². The second kappa shape index (κ2) is 7.28. The zero-order valence-electron chi connectivity index (χ0n) is 11.2. The lowest BCUT2D eigenvalue weighted by atomic mass is 10.2. The van der Waals surface area contributed by atoms with Gasteiger partial charge >= 0.3 is 0 Å². The van der Waals surface area contributed by atoms with Crippen LogP contribution >= 0.6 is 11.8 Å². The number of amides is 1. The second-order valence-corrected chi connectivity index (χ2v) is 5.60. The highest BCUT2D eigenvalue weighted by Crippen LogP contribution is 2.19. The van der Waals surface area contributed by atoms with E-state index in [4.69, 9.17) is 5.73 Å². The van der Waals surface area contributed by atoms with E-state index in [1.807, 2.05) is 39.2 Å². The third-order valence-corrected chi connectivity index (χ3v) is 3.33. The van der Waals surface area contributed by atoms with Crippen LogP contribution in [0.25, 0.3) is 0 Å². The topological polar surface area (TPSA) is 58.4 Å². The average molecular weight is 267 g/mol. The summed E-state index contributed by atoms with van der Waals surface area (Å²) in [5.41, 5.74) is 8.23. The first-order valence-electron chi connectivity index (χ1n) is 5.87. The van der Waals surface area contributed by atoms with Crippen molar-refractivity contribution in [1.82, 2.24) is 4.90 Å². The molecule has 1 aromatic carbocycles. The van der Waals surface area contributed by atoms with Crippen LogP contribution in [0.1, 0.15) is 5.56 Å². The highest BCUT2D eigenvalue weighted by atomic mass is 32.2. The van der Waals surface area contributed by atoms with Crippen LogP contribution in [-0.2, 0) is 4.79 Å². The molecule has 0 atom stereocenters. The molecule has 0 saturated heterocycles. The lowest BCUT2D eigenvalue weighted by Gasteiger charge is -2.10. The van der Waals surface area contributed by atoms with E-state index in [2.05, 4.69) is 10.2 Å². The van der Waals surface area contributed by atoms with Crippen LogP contribution in [0.15, 0.2) is 18.2 Å². The van der Waals surface area contributed by atoms with Gasteiger partial charge < -0.3 is 16.0 Å². The summed E-state index contributed by atoms with van der Waals surface area (Å²) in [6, 6.07) is 5.63. The Hall–Kier alpha value is -1.20. The quantitative estimate of drug-likeness (QED) is 0.609. The molecule has 0 aliphatic carbocycles. The van der Waals surface area contributed by atoms with Gasteiger partial charge in [-0.2, -0.15) is 11.8 Å². The van der Waals surface area contributed by atoms with E-state index in [1.54, 1.807) is 11.8 Å². The van der Waals surface area contributed by atoms with Gasteiger partial charge in [0, 0.05) is 12.3 Å². The highest BCUT2D eigenvalue weighted by Gasteiger charge is 2.05. The molecule has 0 saturated carbocycles. The lowest BCUT2D eigenvalue weighted by molar-refractivity contribution is -0.113. The Labute approximate surface area is 113 Å². The number of aryl methyl sites for hydroxylation is 1. The standard InChI is InChI=1S/C13H21N3OS/c1-10-4-5-12(11(14)8-10)15-13(17)9-18-7-6-16(2)3/h4-5,8H,6-7,9,14H2,1-3H3,(H,15,17). The fraction of sp³-hybridized carbons (Fsp3) is 0.462. The number of rotatable bonds is 6. The molecule has 100 valence electrons. The number of hydrogen-bond acceptors (Lipinski definition) is 4. The molecule has 1 aromatic rings. The Morgan fingerprint density at radius 2 is 2.17 bits per heavy atom. The SMILES string of the molecule is Cc1ccc(NC(=O)CSCCN(C)C)c(N)c1. The summed E-state index contributed by atoms with van der Waals surface area (Å²) in [5.74, 6) is 1.40. The number of nitrogens with zero attached hydrogens (tertiary/aromatic N) is 1. The van der Waals surface area contributed by atoms with Crippen molar-refractivity contribution in [2.75, 3.05) is 43.2 Å². The number of anilines is 2. The molecule has 18 heavy (non-hydrogen) atoms. The third-order valence-electron chi connectivity index (χ3n) is 2.40. The summed E-state index contributed by atoms with van der Waals surface area (Å²) in [5, 5.41) is 2.83. The molecule has 5 heteroatoms. The number of benzene rings is 1. The van der Waals surface area contributed by atoms with Crippen molar-refractivity contribution in [3.05, 3.63) is 23.8 Å². The zero-order chi connectivity index (χ0) is 13.5. The van der Waals surface area contributed by atoms with Gasteiger partial charge in [-0.15, -0.1) is 0 Å². The number of carbonyl (C=O) groups excluding carboxylic acids is 1. The molecule has 0 aromatic heterocycles. The van der Waals surface area contributed by atoms with E-state index in [-0.39, 0.29) is 5.91 Å². The van der Waals surface area contributed by atoms with Crippen LogP contribution < -0.4 is 11.1 Å². The predicted octanol–water partition coefficient (Wildman–Crippen LogP) is 1.81. The number of carbonyl (C=O) groups is 1. The smallest absolute Gasteiger partial charge is 0.234 e. The minimum atomic E-state index is -0.00527. The van der Waals surface area contributed by atoms with Crippen LogP contribution in [0.2, 0.25) is 0 Å². The normalized spacial score (nSPS) is 10.7. The summed E-state index contributed by atoms with van der Waals surface area (Å²) < 4.78 is 0. The summed E-state index contributed by atoms with van der Waals surface area (Å²) in [6.07, 6.45) is 0. The fourth-order valence-corrected chi connectivity index (χ4v) is 2.29. The van der Waals surface area contributed by atoms with E-state index in [1.165, 1.54) is 0 Å². The van der Waals surface area contributed by atoms with Crippen molar-refractivity contribution >= 4 is 29.0 Å². The molecule has 3 N–H and O–H groups in total. The van der Waals surface area contributed by atoms with Gasteiger partial charge in [0.15, 0.2) is 0 Å². The first kappa shape index (κ1) is 14.9. The maximum Gasteiger partial charge on any atom is 0.234 e. The van der Waals surface area contributed by atoms with E-state index >= 15 is 0 Å². The van der Waals surface area contributed by atoms with Gasteiger partial charge in [-0.05, 0) is 38.7 Å². The second-order valence-electron chi connectivity index (χ2n) is 4.49. The highest BCUT2D eigenvalue weighted by molar-refractivity contribution is 7.99. The summed E-state index contributed by atoms with van der Waals surface area (Å²) in [6.45, 7) is 2.95. The van der Waals surface area contributed by atoms with Crippen LogP contribution in [0.5, 0.6) is 0 Å². The van der Waals surface area contributed by atoms with Gasteiger partial charge in [-0.1, -0.05) is 6.07 Å². The van der Waals surface area contributed by atoms with Gasteiger partial charge in [-0.3, -0.25) is 4.79 Å². The maximum atomic E-state index is 11.7. The van der Waals surface area contributed by atoms with Crippen molar-refractivity contribution in [2.24, 2.45) is 0 Å². The first-order chi connectivity index (χ1) is 8.49. The largest absolute Gasteiger partial charge is 0.397 e. The van der Waals surface area contributed by atoms with Crippen LogP contribution in [-0.4, -0.2) is 43.0 Å². The molecular weight excluding hydrogens is 246 g/mol. The van der Waals surface area contributed by atoms with Gasteiger partial charge in [-0.25, -0.2) is 0 Å². The Morgan fingerprint density at radius 1 is 1.44 bits per heavy atom. The average Bonchev–Trinajstić information content (AvgIpc) is 2.28. The molecule has 1 amide bonds. The van der Waals surface area contributed by atoms with Gasteiger partial charge in [0.1, 0.15) is 0 Å². The molecular formula is C13H21N3OS. The predicted molar refractivity (Wildman–Crippen MR) is 80.1 cm³/mol. The van der Waals surface area contributed by atoms with Gasteiger partial charge in [0.2, 0.25) is 5.91 Å². The number of nitrogens with two attached hydrogens (primary N) is 1. The van der Waals surface area contributed by atoms with E-state index in [0.29, 0.717) is 17.1 Å². The van der Waals surface area contributed by atoms with Crippen molar-refractivity contribution in [3.63, 3.8) is 0 Å². The monoisotopic (exact) mass is 267 g/mol. The fourth-order valence-electron chi connectivity index (χ4n) is 1.39. The molecule has 0 unspecified atom stereocenters. The van der Waals surface area contributed by atoms with E-state index in [0.717, 1.165) is 17.9 Å². The molecule has 4 nitrogen and oxygen atoms in total. The molecule has 1 rings (SSSR count). The van der Waals surface area contributed by atoms with Gasteiger partial charge in [0.25, 0.3) is 0 Å². The maximum absolute atomic E-state index is 11.7. The van der Waals surface area contributed by atoms with Crippen molar-refractivity contribution in [3.8, 4) is 0 Å². The van der Waals surface area contributed by atoms with E-state index in [9.17, 15) is 4.79 Å². The Balaban J connectivity index is 2.35. The Morgan fingerprint density at radius 3 is 2.78 bits per heavy atom. The number of nitrogen functional groups attached to an aromatic ring is 1. The Bertz CT molecular complexity index is 407. The van der Waals surface area contributed by atoms with Crippen molar-refractivity contribution in [1.29, 1.82) is 0 Å². The third kappa shape index (κ3) is 5.42. The number of nitrogens with one attached hydrogen (secondary N) is 1. The van der Waals surface area contributed by atoms with Crippen LogP contribution in [0, 0.1) is 6.92 Å². The number of thioether (sulfide) groups is 1. The molecule has 0 heterocycles. The summed E-state index contributed by atoms with van der Waals surface area (Å²) in [7, 11) is 4.04. The molecule has 0 radical (unpaired) electrons. The minimum absolute atomic E-state index is 0.00527. The lowest BCUT2D eigenvalue weighted by Crippen LogP contribution is -2.18. The summed E-state index contributed by atoms with van der Waals surface area (Å²) in [4.78, 5) is 13.8.